The summed E-state index contributed by atoms with van der Waals surface area (Å²) in [7, 11) is 0. The molecule has 0 spiro atoms. The summed E-state index contributed by atoms with van der Waals surface area (Å²) in [5, 5.41) is 0.475. The average Bonchev–Trinajstić information content (AvgIpc) is 2.61. The van der Waals surface area contributed by atoms with Gasteiger partial charge >= 0.3 is 0 Å². The predicted molar refractivity (Wildman–Crippen MR) is 91.2 cm³/mol. The molecule has 0 fully saturated rings. The topological polar surface area (TPSA) is 66.1 Å². The van der Waals surface area contributed by atoms with Gasteiger partial charge in [-0.25, -0.2) is 4.98 Å². The molecule has 0 aliphatic carbocycles. The zero-order chi connectivity index (χ0) is 16.1. The number of thioether (sulfide) groups is 1. The van der Waals surface area contributed by atoms with E-state index in [1.807, 2.05) is 23.1 Å². The molecule has 1 aromatic heterocycles. The summed E-state index contributed by atoms with van der Waals surface area (Å²) < 4.78 is 0. The van der Waals surface area contributed by atoms with Gasteiger partial charge in [0.1, 0.15) is 0 Å². The number of amides is 1. The summed E-state index contributed by atoms with van der Waals surface area (Å²) >= 11 is 1.25. The molecule has 2 aromatic rings. The second kappa shape index (κ2) is 7.28. The maximum absolute atomic E-state index is 12.3. The van der Waals surface area contributed by atoms with Crippen molar-refractivity contribution in [2.45, 2.75) is 11.6 Å². The first-order valence-corrected chi connectivity index (χ1v) is 8.41. The number of nitrogens with zero attached hydrogens (tertiary/aromatic N) is 2. The van der Waals surface area contributed by atoms with Crippen molar-refractivity contribution in [3.8, 4) is 0 Å². The van der Waals surface area contributed by atoms with Crippen LogP contribution in [0.1, 0.15) is 12.0 Å². The van der Waals surface area contributed by atoms with Crippen molar-refractivity contribution in [1.82, 2.24) is 14.9 Å². The van der Waals surface area contributed by atoms with Gasteiger partial charge in [-0.1, -0.05) is 48.2 Å². The van der Waals surface area contributed by atoms with Crippen LogP contribution in [0.3, 0.4) is 0 Å². The Hall–Kier alpha value is -2.34. The summed E-state index contributed by atoms with van der Waals surface area (Å²) in [6, 6.07) is 11.6. The van der Waals surface area contributed by atoms with Crippen LogP contribution >= 0.6 is 11.8 Å². The third-order valence-electron chi connectivity index (χ3n) is 3.69. The van der Waals surface area contributed by atoms with Gasteiger partial charge in [-0.2, -0.15) is 0 Å². The molecule has 1 N–H and O–H groups in total. The first-order chi connectivity index (χ1) is 11.2. The minimum atomic E-state index is -0.205. The smallest absolute Gasteiger partial charge is 0.251 e. The average molecular weight is 327 g/mol. The molecule has 0 unspecified atom stereocenters. The lowest BCUT2D eigenvalue weighted by Gasteiger charge is -2.26. The Morgan fingerprint density at radius 1 is 1.26 bits per heavy atom. The van der Waals surface area contributed by atoms with Gasteiger partial charge in [0, 0.05) is 25.4 Å². The molecule has 0 radical (unpaired) electrons. The lowest BCUT2D eigenvalue weighted by atomic mass is 10.00. The number of H-pyrrole nitrogens is 1. The van der Waals surface area contributed by atoms with Crippen LogP contribution in [0.2, 0.25) is 0 Å². The number of carbonyl (C=O) groups is 1. The van der Waals surface area contributed by atoms with Crippen molar-refractivity contribution >= 4 is 23.2 Å². The van der Waals surface area contributed by atoms with Crippen LogP contribution in [-0.4, -0.2) is 39.6 Å². The highest BCUT2D eigenvalue weighted by Crippen LogP contribution is 2.22. The summed E-state index contributed by atoms with van der Waals surface area (Å²) in [6.45, 7) is 1.35. The van der Waals surface area contributed by atoms with E-state index in [1.165, 1.54) is 35.2 Å². The fourth-order valence-electron chi connectivity index (χ4n) is 2.46. The zero-order valence-electron chi connectivity index (χ0n) is 12.6. The third kappa shape index (κ3) is 4.10. The molecular weight excluding hydrogens is 310 g/mol. The van der Waals surface area contributed by atoms with Gasteiger partial charge in [0.05, 0.1) is 5.75 Å². The molecule has 2 heterocycles. The van der Waals surface area contributed by atoms with Gasteiger partial charge in [-0.15, -0.1) is 0 Å². The molecule has 1 aliphatic heterocycles. The van der Waals surface area contributed by atoms with Crippen LogP contribution in [0.5, 0.6) is 0 Å². The van der Waals surface area contributed by atoms with Gasteiger partial charge in [0.15, 0.2) is 5.16 Å². The van der Waals surface area contributed by atoms with Crippen molar-refractivity contribution in [2.75, 3.05) is 18.8 Å². The third-order valence-corrected chi connectivity index (χ3v) is 4.56. The number of carbonyl (C=O) groups excluding carboxylic acids is 1. The Balaban J connectivity index is 1.56. The first-order valence-electron chi connectivity index (χ1n) is 7.43. The summed E-state index contributed by atoms with van der Waals surface area (Å²) in [4.78, 5) is 31.9. The molecular formula is C17H17N3O2S. The predicted octanol–water partition coefficient (Wildman–Crippen LogP) is 2.18. The van der Waals surface area contributed by atoms with E-state index in [0.29, 0.717) is 11.7 Å². The van der Waals surface area contributed by atoms with E-state index < -0.39 is 0 Å². The van der Waals surface area contributed by atoms with Gasteiger partial charge < -0.3 is 9.88 Å². The molecule has 0 bridgehead atoms. The van der Waals surface area contributed by atoms with E-state index in [2.05, 4.69) is 28.2 Å². The number of nitrogens with one attached hydrogen (secondary N) is 1. The monoisotopic (exact) mass is 327 g/mol. The van der Waals surface area contributed by atoms with Crippen LogP contribution < -0.4 is 5.56 Å². The molecule has 23 heavy (non-hydrogen) atoms. The quantitative estimate of drug-likeness (QED) is 0.690. The lowest BCUT2D eigenvalue weighted by Crippen LogP contribution is -2.35. The fraction of sp³-hybridized carbons (Fsp3) is 0.235. The van der Waals surface area contributed by atoms with E-state index in [-0.39, 0.29) is 17.2 Å². The zero-order valence-corrected chi connectivity index (χ0v) is 13.4. The summed E-state index contributed by atoms with van der Waals surface area (Å²) in [6.07, 6.45) is 4.42. The van der Waals surface area contributed by atoms with E-state index in [0.717, 1.165) is 13.0 Å². The molecule has 0 saturated carbocycles. The number of aromatic amines is 1. The number of hydrogen-bond donors (Lipinski definition) is 1. The number of rotatable bonds is 4. The fourth-order valence-corrected chi connectivity index (χ4v) is 3.21. The molecule has 118 valence electrons. The summed E-state index contributed by atoms with van der Waals surface area (Å²) in [5.74, 6) is 0.339. The minimum absolute atomic E-state index is 0.0601. The van der Waals surface area contributed by atoms with E-state index in [1.54, 1.807) is 0 Å². The molecule has 3 rings (SSSR count). The van der Waals surface area contributed by atoms with Gasteiger partial charge in [-0.3, -0.25) is 9.59 Å². The van der Waals surface area contributed by atoms with Crippen LogP contribution in [0.4, 0.5) is 0 Å². The van der Waals surface area contributed by atoms with E-state index in [4.69, 9.17) is 0 Å². The van der Waals surface area contributed by atoms with Crippen molar-refractivity contribution in [3.05, 3.63) is 64.6 Å². The highest BCUT2D eigenvalue weighted by atomic mass is 32.2. The second-order valence-electron chi connectivity index (χ2n) is 5.21. The van der Waals surface area contributed by atoms with Crippen LogP contribution in [0, 0.1) is 0 Å². The Bertz CT molecular complexity index is 771. The van der Waals surface area contributed by atoms with Crippen molar-refractivity contribution < 1.29 is 4.79 Å². The SMILES string of the molecule is O=C(CSc1nccc(=O)[nH]1)N1CC=C(c2ccccc2)CC1. The first kappa shape index (κ1) is 15.6. The van der Waals surface area contributed by atoms with Gasteiger partial charge in [0.2, 0.25) is 5.91 Å². The Morgan fingerprint density at radius 3 is 2.78 bits per heavy atom. The standard InChI is InChI=1S/C17H17N3O2S/c21-15-6-9-18-17(19-15)23-12-16(22)20-10-7-14(8-11-20)13-4-2-1-3-5-13/h1-7,9H,8,10-12H2,(H,18,19,21). The maximum atomic E-state index is 12.3. The second-order valence-corrected chi connectivity index (χ2v) is 6.18. The Labute approximate surface area is 138 Å². The van der Waals surface area contributed by atoms with E-state index >= 15 is 0 Å². The minimum Gasteiger partial charge on any atom is -0.338 e. The molecule has 0 atom stereocenters. The van der Waals surface area contributed by atoms with Crippen molar-refractivity contribution in [1.29, 1.82) is 0 Å². The normalized spacial score (nSPS) is 14.4. The van der Waals surface area contributed by atoms with Crippen LogP contribution in [-0.2, 0) is 4.79 Å². The Morgan fingerprint density at radius 2 is 2.09 bits per heavy atom. The lowest BCUT2D eigenvalue weighted by molar-refractivity contribution is -0.127. The van der Waals surface area contributed by atoms with Gasteiger partial charge in [-0.05, 0) is 17.6 Å². The Kier molecular flexibility index (Phi) is 4.92. The highest BCUT2D eigenvalue weighted by Gasteiger charge is 2.18. The molecule has 1 aliphatic rings. The maximum Gasteiger partial charge on any atom is 0.251 e. The number of benzene rings is 1. The number of hydrogen-bond acceptors (Lipinski definition) is 4. The van der Waals surface area contributed by atoms with Gasteiger partial charge in [0.25, 0.3) is 5.56 Å². The van der Waals surface area contributed by atoms with Crippen molar-refractivity contribution in [2.24, 2.45) is 0 Å². The van der Waals surface area contributed by atoms with E-state index in [9.17, 15) is 9.59 Å². The van der Waals surface area contributed by atoms with Crippen molar-refractivity contribution in [3.63, 3.8) is 0 Å². The summed E-state index contributed by atoms with van der Waals surface area (Å²) in [5.41, 5.74) is 2.31. The molecule has 1 amide bonds. The number of aromatic nitrogens is 2. The van der Waals surface area contributed by atoms with Crippen LogP contribution in [0.25, 0.3) is 5.57 Å². The van der Waals surface area contributed by atoms with Crippen LogP contribution in [0.15, 0.2) is 58.6 Å². The molecule has 0 saturated heterocycles. The highest BCUT2D eigenvalue weighted by molar-refractivity contribution is 7.99. The largest absolute Gasteiger partial charge is 0.338 e. The molecule has 5 nitrogen and oxygen atoms in total. The molecule has 1 aromatic carbocycles. The molecule has 6 heteroatoms.